The Morgan fingerprint density at radius 2 is 0.775 bits per heavy atom. The zero-order chi connectivity index (χ0) is 29.5. The lowest BCUT2D eigenvalue weighted by atomic mass is 9.86. The summed E-state index contributed by atoms with van der Waals surface area (Å²) < 4.78 is 0. The fraction of sp³-hybridized carbons (Fsp3) is 0.500. The molecular weight excluding hydrogens is 512 g/mol. The molecule has 2 rings (SSSR count). The van der Waals surface area contributed by atoms with Crippen molar-refractivity contribution in [3.8, 4) is 0 Å². The maximum Gasteiger partial charge on any atom is 0.335 e. The van der Waals surface area contributed by atoms with Gasteiger partial charge in [-0.1, -0.05) is 82.4 Å². The van der Waals surface area contributed by atoms with E-state index in [0.717, 1.165) is 11.1 Å². The lowest BCUT2D eigenvalue weighted by Crippen LogP contribution is -2.11. The van der Waals surface area contributed by atoms with Gasteiger partial charge >= 0.3 is 23.9 Å². The summed E-state index contributed by atoms with van der Waals surface area (Å²) in [7, 11) is 0. The van der Waals surface area contributed by atoms with Crippen LogP contribution >= 0.6 is 0 Å². The van der Waals surface area contributed by atoms with Gasteiger partial charge < -0.3 is 20.4 Å². The summed E-state index contributed by atoms with van der Waals surface area (Å²) in [4.78, 5) is 44.4. The minimum Gasteiger partial charge on any atom is -0.481 e. The highest BCUT2D eigenvalue weighted by Crippen LogP contribution is 2.30. The van der Waals surface area contributed by atoms with Gasteiger partial charge in [-0.25, -0.2) is 9.59 Å². The summed E-state index contributed by atoms with van der Waals surface area (Å²) in [5.74, 6) is -3.47. The second kappa shape index (κ2) is 16.4. The standard InChI is InChI=1S/C16H22O4.C14H18O4.2CH4/c1-9(2)13-8-14(10(3)4)12(7-16(19)20)5-11(13)6-15(17)18;1-7(2)9-5-12(14(17)18)10(8(3)4)6-11(9)13(15)16;;/h5,8-10H,6-7H2,1-4H3,(H,17,18)(H,19,20);5-8H,1-4H3,(H,15,16)(H,17,18);2*1H4. The molecule has 0 bridgehead atoms. The van der Waals surface area contributed by atoms with Crippen molar-refractivity contribution in [1.29, 1.82) is 0 Å². The Labute approximate surface area is 239 Å². The Morgan fingerprint density at radius 3 is 0.975 bits per heavy atom. The quantitative estimate of drug-likeness (QED) is 0.230. The lowest BCUT2D eigenvalue weighted by molar-refractivity contribution is -0.137. The molecule has 0 radical (unpaired) electrons. The van der Waals surface area contributed by atoms with Gasteiger partial charge in [0.1, 0.15) is 0 Å². The van der Waals surface area contributed by atoms with Crippen molar-refractivity contribution in [3.63, 3.8) is 0 Å². The summed E-state index contributed by atoms with van der Waals surface area (Å²) >= 11 is 0. The predicted octanol–water partition coefficient (Wildman–Crippen LogP) is 7.79. The average Bonchev–Trinajstić information content (AvgIpc) is 2.77. The smallest absolute Gasteiger partial charge is 0.335 e. The summed E-state index contributed by atoms with van der Waals surface area (Å²) in [5.41, 5.74) is 4.92. The molecule has 0 spiro atoms. The van der Waals surface area contributed by atoms with Crippen molar-refractivity contribution >= 4 is 23.9 Å². The van der Waals surface area contributed by atoms with Gasteiger partial charge in [-0.15, -0.1) is 0 Å². The summed E-state index contributed by atoms with van der Waals surface area (Å²) in [6.07, 6.45) is -0.142. The predicted molar refractivity (Wildman–Crippen MR) is 159 cm³/mol. The topological polar surface area (TPSA) is 149 Å². The van der Waals surface area contributed by atoms with E-state index in [0.29, 0.717) is 22.3 Å². The molecule has 4 N–H and O–H groups in total. The van der Waals surface area contributed by atoms with Gasteiger partial charge in [0, 0.05) is 0 Å². The van der Waals surface area contributed by atoms with Crippen LogP contribution < -0.4 is 0 Å². The van der Waals surface area contributed by atoms with Crippen LogP contribution in [-0.2, 0) is 22.4 Å². The van der Waals surface area contributed by atoms with E-state index >= 15 is 0 Å². The van der Waals surface area contributed by atoms with Crippen molar-refractivity contribution in [2.75, 3.05) is 0 Å². The van der Waals surface area contributed by atoms with Gasteiger partial charge in [0.15, 0.2) is 0 Å². The molecule has 224 valence electrons. The van der Waals surface area contributed by atoms with E-state index in [1.54, 1.807) is 6.07 Å². The first kappa shape index (κ1) is 38.5. The first-order valence-corrected chi connectivity index (χ1v) is 12.7. The highest BCUT2D eigenvalue weighted by Gasteiger charge is 2.21. The molecule has 8 nitrogen and oxygen atoms in total. The molecule has 0 heterocycles. The monoisotopic (exact) mass is 560 g/mol. The third-order valence-electron chi connectivity index (χ3n) is 6.25. The van der Waals surface area contributed by atoms with Crippen molar-refractivity contribution in [2.45, 2.75) is 107 Å². The molecule has 0 atom stereocenters. The largest absolute Gasteiger partial charge is 0.481 e. The molecule has 8 heteroatoms. The average molecular weight is 561 g/mol. The molecule has 0 aliphatic rings. The summed E-state index contributed by atoms with van der Waals surface area (Å²) in [6, 6.07) is 6.72. The molecule has 2 aromatic rings. The number of aliphatic carboxylic acids is 2. The van der Waals surface area contributed by atoms with Crippen LogP contribution in [0.1, 0.15) is 148 Å². The SMILES string of the molecule is C.C.CC(C)c1cc(C(=O)O)c(C(C)C)cc1C(=O)O.CC(C)c1cc(C(C)C)c(CC(=O)O)cc1CC(=O)O. The molecule has 2 aromatic carbocycles. The zero-order valence-corrected chi connectivity index (χ0v) is 23.5. The van der Waals surface area contributed by atoms with Gasteiger partial charge in [0.25, 0.3) is 0 Å². The second-order valence-electron chi connectivity index (χ2n) is 10.6. The minimum absolute atomic E-state index is 0. The number of benzene rings is 2. The third kappa shape index (κ3) is 10.5. The number of carboxylic acids is 4. The van der Waals surface area contributed by atoms with E-state index in [-0.39, 0.29) is 62.5 Å². The van der Waals surface area contributed by atoms with E-state index < -0.39 is 23.9 Å². The normalized spacial score (nSPS) is 10.5. The Morgan fingerprint density at radius 1 is 0.500 bits per heavy atom. The molecule has 0 aromatic heterocycles. The fourth-order valence-corrected chi connectivity index (χ4v) is 4.40. The van der Waals surface area contributed by atoms with Gasteiger partial charge in [-0.05, 0) is 69.2 Å². The number of hydrogen-bond acceptors (Lipinski definition) is 4. The maximum absolute atomic E-state index is 11.2. The van der Waals surface area contributed by atoms with Crippen LogP contribution in [0, 0.1) is 0 Å². The van der Waals surface area contributed by atoms with E-state index in [1.165, 1.54) is 12.1 Å². The molecule has 0 saturated carbocycles. The van der Waals surface area contributed by atoms with Crippen LogP contribution in [0.4, 0.5) is 0 Å². The van der Waals surface area contributed by atoms with Crippen LogP contribution in [0.5, 0.6) is 0 Å². The molecule has 0 saturated heterocycles. The number of aromatic carboxylic acids is 2. The number of rotatable bonds is 10. The molecule has 0 amide bonds. The minimum atomic E-state index is -1.02. The van der Waals surface area contributed by atoms with Crippen molar-refractivity contribution in [2.24, 2.45) is 0 Å². The Balaban J connectivity index is 0. The molecule has 0 aliphatic carbocycles. The number of carbonyl (C=O) groups is 4. The first-order valence-electron chi connectivity index (χ1n) is 12.7. The van der Waals surface area contributed by atoms with Crippen LogP contribution in [0.2, 0.25) is 0 Å². The highest BCUT2D eigenvalue weighted by molar-refractivity contribution is 5.95. The Hall–Kier alpha value is -3.68. The molecular formula is C32H48O8. The third-order valence-corrected chi connectivity index (χ3v) is 6.25. The van der Waals surface area contributed by atoms with Crippen molar-refractivity contribution < 1.29 is 39.6 Å². The van der Waals surface area contributed by atoms with Crippen LogP contribution in [0.3, 0.4) is 0 Å². The van der Waals surface area contributed by atoms with Crippen molar-refractivity contribution in [1.82, 2.24) is 0 Å². The van der Waals surface area contributed by atoms with Gasteiger partial charge in [0.05, 0.1) is 24.0 Å². The summed E-state index contributed by atoms with van der Waals surface area (Å²) in [6.45, 7) is 15.5. The van der Waals surface area contributed by atoms with Gasteiger partial charge in [-0.2, -0.15) is 0 Å². The van der Waals surface area contributed by atoms with E-state index in [1.807, 2.05) is 61.5 Å². The van der Waals surface area contributed by atoms with Gasteiger partial charge in [-0.3, -0.25) is 9.59 Å². The van der Waals surface area contributed by atoms with E-state index in [9.17, 15) is 29.4 Å². The molecule has 0 unspecified atom stereocenters. The lowest BCUT2D eigenvalue weighted by Gasteiger charge is -2.19. The Bertz CT molecular complexity index is 1100. The van der Waals surface area contributed by atoms with E-state index in [2.05, 4.69) is 0 Å². The maximum atomic E-state index is 11.2. The molecule has 0 fully saturated rings. The highest BCUT2D eigenvalue weighted by atomic mass is 16.4. The molecule has 40 heavy (non-hydrogen) atoms. The zero-order valence-electron chi connectivity index (χ0n) is 23.5. The second-order valence-corrected chi connectivity index (χ2v) is 10.6. The van der Waals surface area contributed by atoms with Crippen molar-refractivity contribution in [3.05, 3.63) is 68.8 Å². The van der Waals surface area contributed by atoms with Crippen LogP contribution in [0.25, 0.3) is 0 Å². The number of hydrogen-bond donors (Lipinski definition) is 4. The molecule has 0 aliphatic heterocycles. The van der Waals surface area contributed by atoms with Crippen LogP contribution in [0.15, 0.2) is 24.3 Å². The van der Waals surface area contributed by atoms with Crippen LogP contribution in [-0.4, -0.2) is 44.3 Å². The number of carboxylic acid groups (broad SMARTS) is 4. The van der Waals surface area contributed by atoms with E-state index in [4.69, 9.17) is 10.2 Å². The first-order chi connectivity index (χ1) is 17.5. The Kier molecular flexibility index (Phi) is 15.8. The fourth-order valence-electron chi connectivity index (χ4n) is 4.40. The summed E-state index contributed by atoms with van der Waals surface area (Å²) in [5, 5.41) is 36.4. The van der Waals surface area contributed by atoms with Gasteiger partial charge in [0.2, 0.25) is 0 Å².